The molecule has 1 aromatic rings. The fraction of sp³-hybridized carbons (Fsp3) is 0.800. The van der Waals surface area contributed by atoms with E-state index in [9.17, 15) is 0 Å². The van der Waals surface area contributed by atoms with Crippen LogP contribution in [0.25, 0.3) is 0 Å². The fourth-order valence-corrected chi connectivity index (χ4v) is 3.59. The van der Waals surface area contributed by atoms with E-state index in [4.69, 9.17) is 9.52 Å². The van der Waals surface area contributed by atoms with Crippen molar-refractivity contribution in [2.45, 2.75) is 66.3 Å². The van der Waals surface area contributed by atoms with Gasteiger partial charge in [-0.15, -0.1) is 0 Å². The summed E-state index contributed by atoms with van der Waals surface area (Å²) in [6.45, 7) is 14.8. The molecule has 1 aliphatic rings. The lowest BCUT2D eigenvalue weighted by Gasteiger charge is -2.32. The highest BCUT2D eigenvalue weighted by molar-refractivity contribution is 5.79. The molecule has 148 valence electrons. The lowest BCUT2D eigenvalue weighted by atomic mass is 9.97. The van der Waals surface area contributed by atoms with E-state index in [0.29, 0.717) is 6.54 Å². The van der Waals surface area contributed by atoms with Crippen molar-refractivity contribution in [1.29, 1.82) is 0 Å². The molecule has 0 radical (unpaired) electrons. The van der Waals surface area contributed by atoms with Gasteiger partial charge in [0.05, 0.1) is 12.2 Å². The first-order valence-corrected chi connectivity index (χ1v) is 10.4. The number of aliphatic imine (C=N–C) groups is 1. The Morgan fingerprint density at radius 2 is 1.92 bits per heavy atom. The maximum absolute atomic E-state index is 5.45. The van der Waals surface area contributed by atoms with Crippen LogP contribution in [-0.4, -0.2) is 48.7 Å². The molecular formula is C20H37N5O. The van der Waals surface area contributed by atoms with Crippen LogP contribution in [0.1, 0.15) is 64.0 Å². The molecule has 1 aromatic heterocycles. The van der Waals surface area contributed by atoms with Gasteiger partial charge >= 0.3 is 0 Å². The van der Waals surface area contributed by atoms with E-state index in [0.717, 1.165) is 54.8 Å². The maximum atomic E-state index is 5.45. The normalized spacial score (nSPS) is 16.8. The van der Waals surface area contributed by atoms with Gasteiger partial charge in [-0.2, -0.15) is 0 Å². The van der Waals surface area contributed by atoms with Crippen molar-refractivity contribution < 1.29 is 4.52 Å². The molecule has 0 atom stereocenters. The van der Waals surface area contributed by atoms with Gasteiger partial charge in [-0.1, -0.05) is 25.9 Å². The van der Waals surface area contributed by atoms with Crippen LogP contribution in [0.15, 0.2) is 9.52 Å². The topological polar surface area (TPSA) is 65.7 Å². The molecule has 0 amide bonds. The molecule has 1 aliphatic heterocycles. The second kappa shape index (κ2) is 11.2. The average molecular weight is 364 g/mol. The first-order valence-electron chi connectivity index (χ1n) is 10.4. The Labute approximate surface area is 158 Å². The summed E-state index contributed by atoms with van der Waals surface area (Å²) in [5.41, 5.74) is 2.19. The van der Waals surface area contributed by atoms with Crippen molar-refractivity contribution in [2.24, 2.45) is 10.9 Å². The van der Waals surface area contributed by atoms with Crippen molar-refractivity contribution in [3.63, 3.8) is 0 Å². The molecule has 0 spiro atoms. The SMILES string of the molecule is CCCN1CCC(CNC(=NCc2c(CC)noc2CC)NCC)CC1. The number of aryl methyl sites for hydroxylation is 2. The number of aromatic nitrogens is 1. The molecule has 0 aliphatic carbocycles. The van der Waals surface area contributed by atoms with Gasteiger partial charge in [0.1, 0.15) is 5.76 Å². The molecule has 26 heavy (non-hydrogen) atoms. The van der Waals surface area contributed by atoms with Gasteiger partial charge in [0.15, 0.2) is 5.96 Å². The summed E-state index contributed by atoms with van der Waals surface area (Å²) in [7, 11) is 0. The van der Waals surface area contributed by atoms with Crippen LogP contribution >= 0.6 is 0 Å². The molecule has 6 heteroatoms. The zero-order valence-corrected chi connectivity index (χ0v) is 17.1. The molecule has 2 heterocycles. The van der Waals surface area contributed by atoms with E-state index in [1.807, 2.05) is 0 Å². The summed E-state index contributed by atoms with van der Waals surface area (Å²) in [5.74, 6) is 2.60. The minimum atomic E-state index is 0.625. The number of piperidine rings is 1. The molecule has 0 saturated carbocycles. The highest BCUT2D eigenvalue weighted by Gasteiger charge is 2.19. The minimum absolute atomic E-state index is 0.625. The van der Waals surface area contributed by atoms with Gasteiger partial charge in [0, 0.05) is 25.1 Å². The molecule has 2 N–H and O–H groups in total. The summed E-state index contributed by atoms with van der Waals surface area (Å²) < 4.78 is 5.45. The molecule has 0 aromatic carbocycles. The molecule has 1 saturated heterocycles. The van der Waals surface area contributed by atoms with Gasteiger partial charge in [0.2, 0.25) is 0 Å². The maximum Gasteiger partial charge on any atom is 0.191 e. The van der Waals surface area contributed by atoms with E-state index in [1.54, 1.807) is 0 Å². The van der Waals surface area contributed by atoms with Crippen LogP contribution in [0.4, 0.5) is 0 Å². The lowest BCUT2D eigenvalue weighted by Crippen LogP contribution is -2.43. The molecule has 2 rings (SSSR count). The zero-order valence-electron chi connectivity index (χ0n) is 17.1. The van der Waals surface area contributed by atoms with E-state index in [2.05, 4.69) is 48.4 Å². The van der Waals surface area contributed by atoms with Crippen molar-refractivity contribution in [3.8, 4) is 0 Å². The summed E-state index contributed by atoms with van der Waals surface area (Å²) in [6.07, 6.45) is 5.55. The number of likely N-dealkylation sites (tertiary alicyclic amines) is 1. The van der Waals surface area contributed by atoms with Crippen LogP contribution in [0.3, 0.4) is 0 Å². The van der Waals surface area contributed by atoms with Gasteiger partial charge in [-0.3, -0.25) is 0 Å². The fourth-order valence-electron chi connectivity index (χ4n) is 3.59. The van der Waals surface area contributed by atoms with Crippen molar-refractivity contribution >= 4 is 5.96 Å². The number of nitrogens with zero attached hydrogens (tertiary/aromatic N) is 3. The predicted octanol–water partition coefficient (Wildman–Crippen LogP) is 2.98. The van der Waals surface area contributed by atoms with Crippen LogP contribution in [0.2, 0.25) is 0 Å². The summed E-state index contributed by atoms with van der Waals surface area (Å²) in [6, 6.07) is 0. The number of nitrogens with one attached hydrogen (secondary N) is 2. The predicted molar refractivity (Wildman–Crippen MR) is 108 cm³/mol. The van der Waals surface area contributed by atoms with Gasteiger partial charge in [-0.25, -0.2) is 4.99 Å². The number of guanidine groups is 1. The molecule has 1 fully saturated rings. The standard InChI is InChI=1S/C20H37N5O/c1-5-11-25-12-9-16(10-13-25)14-22-20(21-8-4)23-15-17-18(6-2)24-26-19(17)7-3/h16H,5-15H2,1-4H3,(H2,21,22,23). The Bertz CT molecular complexity index is 525. The molecular weight excluding hydrogens is 326 g/mol. The third-order valence-electron chi connectivity index (χ3n) is 5.15. The van der Waals surface area contributed by atoms with Crippen LogP contribution in [0, 0.1) is 5.92 Å². The summed E-state index contributed by atoms with van der Waals surface area (Å²) in [5, 5.41) is 11.1. The smallest absolute Gasteiger partial charge is 0.191 e. The second-order valence-corrected chi connectivity index (χ2v) is 7.10. The van der Waals surface area contributed by atoms with E-state index in [-0.39, 0.29) is 0 Å². The third-order valence-corrected chi connectivity index (χ3v) is 5.15. The Kier molecular flexibility index (Phi) is 8.95. The summed E-state index contributed by atoms with van der Waals surface area (Å²) in [4.78, 5) is 7.37. The first kappa shape index (κ1) is 20.7. The van der Waals surface area contributed by atoms with Crippen molar-refractivity contribution in [2.75, 3.05) is 32.7 Å². The third kappa shape index (κ3) is 6.01. The quantitative estimate of drug-likeness (QED) is 0.522. The summed E-state index contributed by atoms with van der Waals surface area (Å²) >= 11 is 0. The van der Waals surface area contributed by atoms with Crippen molar-refractivity contribution in [3.05, 3.63) is 17.0 Å². The number of hydrogen-bond acceptors (Lipinski definition) is 4. The minimum Gasteiger partial charge on any atom is -0.361 e. The van der Waals surface area contributed by atoms with E-state index >= 15 is 0 Å². The van der Waals surface area contributed by atoms with Crippen LogP contribution < -0.4 is 10.6 Å². The van der Waals surface area contributed by atoms with Gasteiger partial charge in [0.25, 0.3) is 0 Å². The first-order chi connectivity index (χ1) is 12.7. The highest BCUT2D eigenvalue weighted by Crippen LogP contribution is 2.18. The van der Waals surface area contributed by atoms with Gasteiger partial charge in [-0.05, 0) is 58.2 Å². The average Bonchev–Trinajstić information content (AvgIpc) is 3.07. The zero-order chi connectivity index (χ0) is 18.8. The monoisotopic (exact) mass is 363 g/mol. The molecule has 0 bridgehead atoms. The van der Waals surface area contributed by atoms with E-state index in [1.165, 1.54) is 38.9 Å². The van der Waals surface area contributed by atoms with Crippen LogP contribution in [0.5, 0.6) is 0 Å². The Balaban J connectivity index is 1.88. The number of hydrogen-bond donors (Lipinski definition) is 2. The lowest BCUT2D eigenvalue weighted by molar-refractivity contribution is 0.185. The second-order valence-electron chi connectivity index (χ2n) is 7.10. The Morgan fingerprint density at radius 1 is 1.15 bits per heavy atom. The number of rotatable bonds is 9. The molecule has 0 unspecified atom stereocenters. The van der Waals surface area contributed by atoms with Gasteiger partial charge < -0.3 is 20.1 Å². The van der Waals surface area contributed by atoms with E-state index < -0.39 is 0 Å². The Morgan fingerprint density at radius 3 is 2.54 bits per heavy atom. The van der Waals surface area contributed by atoms with Crippen molar-refractivity contribution in [1.82, 2.24) is 20.7 Å². The highest BCUT2D eigenvalue weighted by atomic mass is 16.5. The largest absolute Gasteiger partial charge is 0.361 e. The van der Waals surface area contributed by atoms with Crippen LogP contribution in [-0.2, 0) is 19.4 Å². The molecule has 6 nitrogen and oxygen atoms in total. The Hall–Kier alpha value is -1.56.